The van der Waals surface area contributed by atoms with Crippen LogP contribution in [-0.4, -0.2) is 47.8 Å². The highest BCUT2D eigenvalue weighted by atomic mass is 31.2. The Morgan fingerprint density at radius 1 is 0.673 bits per heavy atom. The third-order valence-electron chi connectivity index (χ3n) is 9.06. The van der Waals surface area contributed by atoms with Gasteiger partial charge in [0.15, 0.2) is 0 Å². The lowest BCUT2D eigenvalue weighted by molar-refractivity contribution is -0.123. The number of unbranched alkanes of at least 4 members (excludes halogenated alkanes) is 22. The van der Waals surface area contributed by atoms with E-state index in [1.165, 1.54) is 122 Å². The fourth-order valence-corrected chi connectivity index (χ4v) is 6.69. The number of nitrogens with one attached hydrogen (secondary N) is 1. The fraction of sp³-hybridized carbons (Fsp3) is 0.875. The molecule has 0 fully saturated rings. The minimum Gasteiger partial charge on any atom is -0.391 e. The summed E-state index contributed by atoms with van der Waals surface area (Å²) < 4.78 is 22.1. The average molecular weight is 715 g/mol. The van der Waals surface area contributed by atoms with E-state index in [-0.39, 0.29) is 25.7 Å². The van der Waals surface area contributed by atoms with Crippen LogP contribution in [0, 0.1) is 0 Å². The van der Waals surface area contributed by atoms with Crippen LogP contribution in [0.25, 0.3) is 0 Å². The molecule has 0 spiro atoms. The molecule has 49 heavy (non-hydrogen) atoms. The summed E-state index contributed by atoms with van der Waals surface area (Å²) in [5, 5.41) is 13.7. The summed E-state index contributed by atoms with van der Waals surface area (Å²) in [6.07, 6.45) is 40.4. The van der Waals surface area contributed by atoms with Crippen molar-refractivity contribution < 1.29 is 28.4 Å². The van der Waals surface area contributed by atoms with Gasteiger partial charge in [-0.1, -0.05) is 167 Å². The van der Waals surface area contributed by atoms with Crippen LogP contribution in [0.4, 0.5) is 0 Å². The van der Waals surface area contributed by atoms with Crippen LogP contribution in [0.3, 0.4) is 0 Å². The van der Waals surface area contributed by atoms with Gasteiger partial charge in [-0.05, 0) is 44.9 Å². The molecule has 0 aromatic carbocycles. The number of rotatable bonds is 38. The van der Waals surface area contributed by atoms with E-state index < -0.39 is 20.0 Å². The largest absolute Gasteiger partial charge is 0.472 e. The van der Waals surface area contributed by atoms with Crippen molar-refractivity contribution in [1.29, 1.82) is 0 Å². The number of carbonyl (C=O) groups is 1. The number of carbonyl (C=O) groups excluding carboxylic acids is 1. The average Bonchev–Trinajstić information content (AvgIpc) is 3.09. The highest BCUT2D eigenvalue weighted by Gasteiger charge is 2.27. The molecule has 0 rings (SSSR count). The van der Waals surface area contributed by atoms with Crippen LogP contribution in [-0.2, 0) is 18.4 Å². The SMILES string of the molecule is CCCCC/C=C\C/C=C\CCCCCCCCCCCC(=O)NC(COP(=O)(O)OCCN)C(O)CCCCCCCCCCCCC. The number of phosphoric ester groups is 1. The number of allylic oxidation sites excluding steroid dienone is 4. The summed E-state index contributed by atoms with van der Waals surface area (Å²) in [7, 11) is -4.31. The van der Waals surface area contributed by atoms with E-state index in [9.17, 15) is 19.4 Å². The standard InChI is InChI=1S/C40H79N2O6P/c1-3-5-7-9-11-13-15-16-17-18-19-20-21-22-24-26-28-30-32-34-40(44)42-38(37-48-49(45,46)47-36-35-41)39(43)33-31-29-27-25-23-14-12-10-8-6-4-2/h11,13,16-17,38-39,43H,3-10,12,14-15,18-37,41H2,1-2H3,(H,42,44)(H,45,46)/b13-11-,17-16-. The predicted octanol–water partition coefficient (Wildman–Crippen LogP) is 11.0. The van der Waals surface area contributed by atoms with Crippen molar-refractivity contribution in [3.63, 3.8) is 0 Å². The van der Waals surface area contributed by atoms with Gasteiger partial charge in [0, 0.05) is 13.0 Å². The number of nitrogens with two attached hydrogens (primary N) is 1. The van der Waals surface area contributed by atoms with E-state index in [1.807, 2.05) is 0 Å². The number of hydrogen-bond donors (Lipinski definition) is 4. The van der Waals surface area contributed by atoms with Gasteiger partial charge in [0.05, 0.1) is 25.4 Å². The predicted molar refractivity (Wildman–Crippen MR) is 208 cm³/mol. The molecular formula is C40H79N2O6P. The lowest BCUT2D eigenvalue weighted by atomic mass is 10.0. The Hall–Kier alpha value is -1.02. The summed E-state index contributed by atoms with van der Waals surface area (Å²) >= 11 is 0. The Labute approximate surface area is 302 Å². The lowest BCUT2D eigenvalue weighted by Crippen LogP contribution is -2.46. The van der Waals surface area contributed by atoms with Gasteiger partial charge in [0.2, 0.25) is 5.91 Å². The van der Waals surface area contributed by atoms with Gasteiger partial charge in [-0.3, -0.25) is 13.8 Å². The van der Waals surface area contributed by atoms with E-state index in [0.29, 0.717) is 12.8 Å². The van der Waals surface area contributed by atoms with Crippen molar-refractivity contribution in [2.45, 2.75) is 206 Å². The first kappa shape index (κ1) is 48.0. The highest BCUT2D eigenvalue weighted by molar-refractivity contribution is 7.47. The van der Waals surface area contributed by atoms with E-state index >= 15 is 0 Å². The molecule has 0 bridgehead atoms. The van der Waals surface area contributed by atoms with Gasteiger partial charge in [0.25, 0.3) is 0 Å². The third kappa shape index (κ3) is 35.2. The lowest BCUT2D eigenvalue weighted by Gasteiger charge is -2.25. The zero-order valence-electron chi connectivity index (χ0n) is 31.9. The minimum atomic E-state index is -4.31. The Bertz CT molecular complexity index is 825. The zero-order valence-corrected chi connectivity index (χ0v) is 32.8. The molecule has 0 radical (unpaired) electrons. The topological polar surface area (TPSA) is 131 Å². The Morgan fingerprint density at radius 2 is 1.12 bits per heavy atom. The quantitative estimate of drug-likeness (QED) is 0.0284. The number of hydrogen-bond acceptors (Lipinski definition) is 6. The molecule has 3 atom stereocenters. The molecule has 0 aliphatic carbocycles. The number of aliphatic hydroxyl groups is 1. The summed E-state index contributed by atoms with van der Waals surface area (Å²) in [6.45, 7) is 4.17. The molecule has 0 saturated heterocycles. The van der Waals surface area contributed by atoms with Crippen LogP contribution in [0.5, 0.6) is 0 Å². The second-order valence-corrected chi connectivity index (χ2v) is 15.3. The maximum absolute atomic E-state index is 12.7. The van der Waals surface area contributed by atoms with Crippen LogP contribution in [0.1, 0.15) is 194 Å². The monoisotopic (exact) mass is 715 g/mol. The van der Waals surface area contributed by atoms with E-state index in [2.05, 4.69) is 43.5 Å². The summed E-state index contributed by atoms with van der Waals surface area (Å²) in [5.74, 6) is -0.167. The number of phosphoric acid groups is 1. The van der Waals surface area contributed by atoms with Crippen molar-refractivity contribution in [3.05, 3.63) is 24.3 Å². The first-order valence-electron chi connectivity index (χ1n) is 20.5. The maximum Gasteiger partial charge on any atom is 0.472 e. The summed E-state index contributed by atoms with van der Waals surface area (Å²) in [5.41, 5.74) is 5.36. The molecule has 290 valence electrons. The first-order chi connectivity index (χ1) is 23.9. The Morgan fingerprint density at radius 3 is 1.65 bits per heavy atom. The maximum atomic E-state index is 12.7. The van der Waals surface area contributed by atoms with Crippen molar-refractivity contribution in [3.8, 4) is 0 Å². The van der Waals surface area contributed by atoms with E-state index in [4.69, 9.17) is 14.8 Å². The van der Waals surface area contributed by atoms with Crippen LogP contribution >= 0.6 is 7.82 Å². The van der Waals surface area contributed by atoms with Gasteiger partial charge in [-0.25, -0.2) is 4.57 Å². The molecular weight excluding hydrogens is 635 g/mol. The molecule has 5 N–H and O–H groups in total. The van der Waals surface area contributed by atoms with Gasteiger partial charge >= 0.3 is 7.82 Å². The molecule has 8 nitrogen and oxygen atoms in total. The molecule has 0 aromatic heterocycles. The fourth-order valence-electron chi connectivity index (χ4n) is 5.93. The van der Waals surface area contributed by atoms with Gasteiger partial charge in [0.1, 0.15) is 0 Å². The Balaban J connectivity index is 4.15. The molecule has 0 heterocycles. The molecule has 0 aromatic rings. The van der Waals surface area contributed by atoms with Crippen molar-refractivity contribution in [2.24, 2.45) is 5.73 Å². The summed E-state index contributed by atoms with van der Waals surface area (Å²) in [6, 6.07) is -0.773. The molecule has 0 aliphatic heterocycles. The Kier molecular flexibility index (Phi) is 36.0. The van der Waals surface area contributed by atoms with Gasteiger partial charge in [-0.15, -0.1) is 0 Å². The molecule has 1 amide bonds. The third-order valence-corrected chi connectivity index (χ3v) is 10.0. The smallest absolute Gasteiger partial charge is 0.391 e. The van der Waals surface area contributed by atoms with Crippen molar-refractivity contribution >= 4 is 13.7 Å². The molecule has 9 heteroatoms. The van der Waals surface area contributed by atoms with Gasteiger partial charge in [-0.2, -0.15) is 0 Å². The van der Waals surface area contributed by atoms with Crippen molar-refractivity contribution in [2.75, 3.05) is 19.8 Å². The van der Waals surface area contributed by atoms with Crippen LogP contribution < -0.4 is 11.1 Å². The van der Waals surface area contributed by atoms with Crippen LogP contribution in [0.2, 0.25) is 0 Å². The van der Waals surface area contributed by atoms with E-state index in [0.717, 1.165) is 44.9 Å². The second kappa shape index (κ2) is 36.8. The number of aliphatic hydroxyl groups excluding tert-OH is 1. The molecule has 0 saturated carbocycles. The van der Waals surface area contributed by atoms with Crippen LogP contribution in [0.15, 0.2) is 24.3 Å². The molecule has 0 aliphatic rings. The second-order valence-electron chi connectivity index (χ2n) is 13.8. The first-order valence-corrected chi connectivity index (χ1v) is 21.9. The van der Waals surface area contributed by atoms with Crippen molar-refractivity contribution in [1.82, 2.24) is 5.32 Å². The van der Waals surface area contributed by atoms with Gasteiger partial charge < -0.3 is 21.1 Å². The van der Waals surface area contributed by atoms with E-state index in [1.54, 1.807) is 0 Å². The summed E-state index contributed by atoms with van der Waals surface area (Å²) in [4.78, 5) is 22.7. The minimum absolute atomic E-state index is 0.0884. The zero-order chi connectivity index (χ0) is 36.1. The molecule has 3 unspecified atom stereocenters. The number of amides is 1. The normalized spacial score (nSPS) is 14.5. The highest BCUT2D eigenvalue weighted by Crippen LogP contribution is 2.43.